The van der Waals surface area contributed by atoms with Gasteiger partial charge in [0.15, 0.2) is 0 Å². The SMILES string of the molecule is CC12CC3CC(C1)C(C(=N)N)C(C3)C2. The molecule has 2 nitrogen and oxygen atoms in total. The summed E-state index contributed by atoms with van der Waals surface area (Å²) in [4.78, 5) is 0. The van der Waals surface area contributed by atoms with Crippen LogP contribution in [0.15, 0.2) is 0 Å². The Kier molecular flexibility index (Phi) is 1.58. The van der Waals surface area contributed by atoms with Crippen molar-refractivity contribution in [1.29, 1.82) is 5.41 Å². The molecule has 0 aromatic carbocycles. The summed E-state index contributed by atoms with van der Waals surface area (Å²) in [6.45, 7) is 2.45. The summed E-state index contributed by atoms with van der Waals surface area (Å²) in [5, 5.41) is 7.71. The highest BCUT2D eigenvalue weighted by Crippen LogP contribution is 2.61. The first-order chi connectivity index (χ1) is 6.57. The fraction of sp³-hybridized carbons (Fsp3) is 0.917. The summed E-state index contributed by atoms with van der Waals surface area (Å²) in [5.41, 5.74) is 6.36. The predicted octanol–water partition coefficient (Wildman–Crippen LogP) is 2.38. The van der Waals surface area contributed by atoms with Crippen LogP contribution in [0.5, 0.6) is 0 Å². The number of nitrogens with two attached hydrogens (primary N) is 1. The van der Waals surface area contributed by atoms with E-state index in [0.29, 0.717) is 17.2 Å². The van der Waals surface area contributed by atoms with E-state index < -0.39 is 0 Å². The van der Waals surface area contributed by atoms with Gasteiger partial charge in [-0.1, -0.05) is 6.92 Å². The van der Waals surface area contributed by atoms with Gasteiger partial charge in [0, 0.05) is 5.92 Å². The molecule has 0 radical (unpaired) electrons. The van der Waals surface area contributed by atoms with Gasteiger partial charge in [-0.25, -0.2) is 0 Å². The van der Waals surface area contributed by atoms with Crippen LogP contribution in [-0.4, -0.2) is 5.84 Å². The van der Waals surface area contributed by atoms with Gasteiger partial charge in [-0.3, -0.25) is 5.41 Å². The highest BCUT2D eigenvalue weighted by atomic mass is 14.8. The maximum Gasteiger partial charge on any atom is 0.0942 e. The van der Waals surface area contributed by atoms with Gasteiger partial charge in [-0.05, 0) is 55.3 Å². The zero-order chi connectivity index (χ0) is 9.92. The summed E-state index contributed by atoms with van der Waals surface area (Å²) in [5.74, 6) is 3.39. The van der Waals surface area contributed by atoms with E-state index in [9.17, 15) is 0 Å². The number of amidine groups is 1. The van der Waals surface area contributed by atoms with Crippen LogP contribution in [0, 0.1) is 34.5 Å². The molecule has 4 aliphatic rings. The molecule has 4 aliphatic carbocycles. The van der Waals surface area contributed by atoms with E-state index in [1.807, 2.05) is 0 Å². The van der Waals surface area contributed by atoms with Crippen LogP contribution in [0.3, 0.4) is 0 Å². The van der Waals surface area contributed by atoms with E-state index in [-0.39, 0.29) is 0 Å². The summed E-state index contributed by atoms with van der Waals surface area (Å²) < 4.78 is 0. The van der Waals surface area contributed by atoms with Crippen LogP contribution in [-0.2, 0) is 0 Å². The first-order valence-corrected chi connectivity index (χ1v) is 5.91. The van der Waals surface area contributed by atoms with Crippen molar-refractivity contribution >= 4 is 5.84 Å². The lowest BCUT2D eigenvalue weighted by Gasteiger charge is -2.58. The monoisotopic (exact) mass is 192 g/mol. The van der Waals surface area contributed by atoms with Crippen LogP contribution in [0.25, 0.3) is 0 Å². The molecular weight excluding hydrogens is 172 g/mol. The average molecular weight is 192 g/mol. The molecule has 3 N–H and O–H groups in total. The number of nitrogens with one attached hydrogen (secondary N) is 1. The third-order valence-corrected chi connectivity index (χ3v) is 4.94. The van der Waals surface area contributed by atoms with Crippen LogP contribution in [0.2, 0.25) is 0 Å². The van der Waals surface area contributed by atoms with Gasteiger partial charge >= 0.3 is 0 Å². The van der Waals surface area contributed by atoms with E-state index in [1.165, 1.54) is 32.1 Å². The lowest BCUT2D eigenvalue weighted by atomic mass is 9.46. The molecule has 78 valence electrons. The second kappa shape index (κ2) is 2.53. The summed E-state index contributed by atoms with van der Waals surface area (Å²) in [6, 6.07) is 0. The number of hydrogen-bond donors (Lipinski definition) is 2. The van der Waals surface area contributed by atoms with Gasteiger partial charge in [0.1, 0.15) is 0 Å². The van der Waals surface area contributed by atoms with E-state index >= 15 is 0 Å². The Morgan fingerprint density at radius 1 is 1.21 bits per heavy atom. The first-order valence-electron chi connectivity index (χ1n) is 5.91. The average Bonchev–Trinajstić information content (AvgIpc) is 1.97. The Morgan fingerprint density at radius 3 is 2.21 bits per heavy atom. The summed E-state index contributed by atoms with van der Waals surface area (Å²) >= 11 is 0. The Balaban J connectivity index is 1.93. The van der Waals surface area contributed by atoms with Crippen molar-refractivity contribution in [2.75, 3.05) is 0 Å². The summed E-state index contributed by atoms with van der Waals surface area (Å²) in [6.07, 6.45) is 6.84. The smallest absolute Gasteiger partial charge is 0.0942 e. The minimum Gasteiger partial charge on any atom is -0.387 e. The van der Waals surface area contributed by atoms with Crippen molar-refractivity contribution in [2.45, 2.75) is 39.0 Å². The second-order valence-electron chi connectivity index (χ2n) is 6.26. The summed E-state index contributed by atoms with van der Waals surface area (Å²) in [7, 11) is 0. The molecule has 4 fully saturated rings. The largest absolute Gasteiger partial charge is 0.387 e. The van der Waals surface area contributed by atoms with Crippen LogP contribution in [0.1, 0.15) is 39.0 Å². The zero-order valence-corrected chi connectivity index (χ0v) is 8.92. The Morgan fingerprint density at radius 2 is 1.79 bits per heavy atom. The third-order valence-electron chi connectivity index (χ3n) is 4.94. The fourth-order valence-corrected chi connectivity index (χ4v) is 4.94. The van der Waals surface area contributed by atoms with Crippen molar-refractivity contribution in [3.63, 3.8) is 0 Å². The van der Waals surface area contributed by atoms with Gasteiger partial charge in [0.25, 0.3) is 0 Å². The second-order valence-corrected chi connectivity index (χ2v) is 6.26. The van der Waals surface area contributed by atoms with Gasteiger partial charge in [-0.15, -0.1) is 0 Å². The highest BCUT2D eigenvalue weighted by Gasteiger charge is 2.53. The Labute approximate surface area is 85.8 Å². The van der Waals surface area contributed by atoms with E-state index in [1.54, 1.807) is 0 Å². The molecule has 4 saturated carbocycles. The molecule has 2 heteroatoms. The Hall–Kier alpha value is -0.530. The van der Waals surface area contributed by atoms with Crippen molar-refractivity contribution < 1.29 is 0 Å². The molecule has 4 rings (SSSR count). The van der Waals surface area contributed by atoms with Crippen LogP contribution in [0.4, 0.5) is 0 Å². The van der Waals surface area contributed by atoms with Crippen LogP contribution >= 0.6 is 0 Å². The maximum atomic E-state index is 7.71. The van der Waals surface area contributed by atoms with Gasteiger partial charge in [-0.2, -0.15) is 0 Å². The minimum absolute atomic E-state index is 0.444. The Bertz CT molecular complexity index is 268. The van der Waals surface area contributed by atoms with Gasteiger partial charge in [0.2, 0.25) is 0 Å². The molecule has 2 unspecified atom stereocenters. The van der Waals surface area contributed by atoms with Crippen molar-refractivity contribution in [2.24, 2.45) is 34.8 Å². The lowest BCUT2D eigenvalue weighted by Crippen LogP contribution is -2.53. The molecule has 0 aromatic rings. The minimum atomic E-state index is 0.444. The van der Waals surface area contributed by atoms with E-state index in [2.05, 4.69) is 6.92 Å². The van der Waals surface area contributed by atoms with Gasteiger partial charge in [0.05, 0.1) is 5.84 Å². The zero-order valence-electron chi connectivity index (χ0n) is 8.92. The number of hydrogen-bond acceptors (Lipinski definition) is 1. The van der Waals surface area contributed by atoms with E-state index in [0.717, 1.165) is 17.8 Å². The quantitative estimate of drug-likeness (QED) is 0.486. The molecule has 0 heterocycles. The van der Waals surface area contributed by atoms with Crippen LogP contribution < -0.4 is 5.73 Å². The standard InChI is InChI=1S/C12H20N2/c1-12-4-7-2-8(5-12)10(11(13)14)9(3-7)6-12/h7-10H,2-6H2,1H3,(H3,13,14). The molecule has 0 aliphatic heterocycles. The first kappa shape index (κ1) is 8.75. The predicted molar refractivity (Wildman–Crippen MR) is 57.1 cm³/mol. The van der Waals surface area contributed by atoms with Crippen molar-refractivity contribution in [1.82, 2.24) is 0 Å². The lowest BCUT2D eigenvalue weighted by molar-refractivity contribution is -0.0641. The van der Waals surface area contributed by atoms with E-state index in [4.69, 9.17) is 11.1 Å². The molecule has 4 bridgehead atoms. The van der Waals surface area contributed by atoms with Gasteiger partial charge < -0.3 is 5.73 Å². The van der Waals surface area contributed by atoms with Crippen molar-refractivity contribution in [3.8, 4) is 0 Å². The normalized spacial score (nSPS) is 54.9. The third kappa shape index (κ3) is 1.06. The van der Waals surface area contributed by atoms with Crippen molar-refractivity contribution in [3.05, 3.63) is 0 Å². The molecule has 14 heavy (non-hydrogen) atoms. The molecule has 0 amide bonds. The topological polar surface area (TPSA) is 49.9 Å². The molecular formula is C12H20N2. The fourth-order valence-electron chi connectivity index (χ4n) is 4.94. The molecule has 0 aromatic heterocycles. The molecule has 0 spiro atoms. The maximum absolute atomic E-state index is 7.71. The molecule has 2 atom stereocenters. The highest BCUT2D eigenvalue weighted by molar-refractivity contribution is 5.80. The molecule has 0 saturated heterocycles. The number of rotatable bonds is 1.